The Labute approximate surface area is 94.6 Å². The van der Waals surface area contributed by atoms with Crippen LogP contribution in [0.15, 0.2) is 24.5 Å². The number of amides is 1. The number of carbonyl (C=O) groups is 1. The third kappa shape index (κ3) is 2.37. The number of hydroxylamine groups is 2. The van der Waals surface area contributed by atoms with Gasteiger partial charge in [-0.3, -0.25) is 9.78 Å². The van der Waals surface area contributed by atoms with Gasteiger partial charge in [0.1, 0.15) is 0 Å². The molecule has 0 N–H and O–H groups in total. The van der Waals surface area contributed by atoms with Crippen molar-refractivity contribution in [1.29, 1.82) is 0 Å². The second-order valence-electron chi connectivity index (χ2n) is 3.65. The van der Waals surface area contributed by atoms with E-state index >= 15 is 0 Å². The molecule has 1 aliphatic rings. The van der Waals surface area contributed by atoms with E-state index in [-0.39, 0.29) is 5.91 Å². The lowest BCUT2D eigenvalue weighted by atomic mass is 10.2. The summed E-state index contributed by atoms with van der Waals surface area (Å²) in [6.45, 7) is 2.90. The number of carbonyl (C=O) groups excluding carboxylic acids is 1. The van der Waals surface area contributed by atoms with Crippen LogP contribution in [0, 0.1) is 0 Å². The van der Waals surface area contributed by atoms with Gasteiger partial charge in [0.05, 0.1) is 12.7 Å². The lowest BCUT2D eigenvalue weighted by Gasteiger charge is -2.33. The molecule has 1 saturated heterocycles. The third-order valence-corrected chi connectivity index (χ3v) is 2.69. The van der Waals surface area contributed by atoms with Crippen molar-refractivity contribution in [3.05, 3.63) is 30.1 Å². The van der Waals surface area contributed by atoms with Gasteiger partial charge in [-0.15, -0.1) is 0 Å². The predicted octanol–water partition coefficient (Wildman–Crippen LogP) is 0.401. The molecule has 1 aromatic rings. The van der Waals surface area contributed by atoms with E-state index < -0.39 is 0 Å². The van der Waals surface area contributed by atoms with Crippen LogP contribution in [0.4, 0.5) is 0 Å². The first-order valence-electron chi connectivity index (χ1n) is 5.29. The second kappa shape index (κ2) is 5.05. The van der Waals surface area contributed by atoms with E-state index in [4.69, 9.17) is 4.84 Å². The quantitative estimate of drug-likeness (QED) is 0.725. The molecule has 2 rings (SSSR count). The SMILES string of the molecule is CON1CCN(C(=O)c2cccnc2)CC1. The van der Waals surface area contributed by atoms with Gasteiger partial charge in [0.15, 0.2) is 0 Å². The van der Waals surface area contributed by atoms with E-state index in [1.54, 1.807) is 31.6 Å². The highest BCUT2D eigenvalue weighted by molar-refractivity contribution is 5.93. The summed E-state index contributed by atoms with van der Waals surface area (Å²) < 4.78 is 0. The number of hydrogen-bond acceptors (Lipinski definition) is 4. The number of nitrogens with zero attached hydrogens (tertiary/aromatic N) is 3. The molecule has 1 fully saturated rings. The van der Waals surface area contributed by atoms with E-state index in [1.165, 1.54) is 0 Å². The van der Waals surface area contributed by atoms with Crippen LogP contribution in [0.1, 0.15) is 10.4 Å². The number of piperazine rings is 1. The maximum atomic E-state index is 12.0. The summed E-state index contributed by atoms with van der Waals surface area (Å²) in [5, 5.41) is 1.85. The number of hydrogen-bond donors (Lipinski definition) is 0. The molecule has 0 aliphatic carbocycles. The first-order chi connectivity index (χ1) is 7.81. The van der Waals surface area contributed by atoms with Crippen molar-refractivity contribution >= 4 is 5.91 Å². The zero-order chi connectivity index (χ0) is 11.4. The molecule has 0 bridgehead atoms. The maximum absolute atomic E-state index is 12.0. The Morgan fingerprint density at radius 1 is 1.38 bits per heavy atom. The smallest absolute Gasteiger partial charge is 0.255 e. The normalized spacial score (nSPS) is 17.4. The Morgan fingerprint density at radius 2 is 2.12 bits per heavy atom. The van der Waals surface area contributed by atoms with Crippen molar-refractivity contribution in [3.63, 3.8) is 0 Å². The van der Waals surface area contributed by atoms with Crippen LogP contribution in [-0.4, -0.2) is 54.1 Å². The molecule has 1 aliphatic heterocycles. The Hall–Kier alpha value is -1.46. The van der Waals surface area contributed by atoms with Gasteiger partial charge in [0.25, 0.3) is 5.91 Å². The van der Waals surface area contributed by atoms with Gasteiger partial charge >= 0.3 is 0 Å². The molecule has 1 aromatic heterocycles. The van der Waals surface area contributed by atoms with Crippen molar-refractivity contribution < 1.29 is 9.63 Å². The van der Waals surface area contributed by atoms with Crippen molar-refractivity contribution in [2.24, 2.45) is 0 Å². The van der Waals surface area contributed by atoms with Gasteiger partial charge in [0.2, 0.25) is 0 Å². The van der Waals surface area contributed by atoms with E-state index in [9.17, 15) is 4.79 Å². The monoisotopic (exact) mass is 221 g/mol. The molecular weight excluding hydrogens is 206 g/mol. The zero-order valence-corrected chi connectivity index (χ0v) is 9.30. The molecule has 2 heterocycles. The summed E-state index contributed by atoms with van der Waals surface area (Å²) >= 11 is 0. The topological polar surface area (TPSA) is 45.7 Å². The predicted molar refractivity (Wildman–Crippen MR) is 58.7 cm³/mol. The average molecular weight is 221 g/mol. The molecule has 5 nitrogen and oxygen atoms in total. The van der Waals surface area contributed by atoms with E-state index in [0.717, 1.165) is 13.1 Å². The highest BCUT2D eigenvalue weighted by atomic mass is 16.7. The van der Waals surface area contributed by atoms with Crippen LogP contribution in [0.3, 0.4) is 0 Å². The van der Waals surface area contributed by atoms with E-state index in [2.05, 4.69) is 4.98 Å². The molecular formula is C11H15N3O2. The van der Waals surface area contributed by atoms with Crippen molar-refractivity contribution in [2.75, 3.05) is 33.3 Å². The summed E-state index contributed by atoms with van der Waals surface area (Å²) in [7, 11) is 1.65. The minimum Gasteiger partial charge on any atom is -0.336 e. The standard InChI is InChI=1S/C11H15N3O2/c1-16-14-7-5-13(6-8-14)11(15)10-3-2-4-12-9-10/h2-4,9H,5-8H2,1H3. The summed E-state index contributed by atoms with van der Waals surface area (Å²) in [5.74, 6) is 0.0452. The Kier molecular flexibility index (Phi) is 3.48. The maximum Gasteiger partial charge on any atom is 0.255 e. The van der Waals surface area contributed by atoms with Crippen LogP contribution in [-0.2, 0) is 4.84 Å². The first-order valence-corrected chi connectivity index (χ1v) is 5.29. The van der Waals surface area contributed by atoms with Crippen LogP contribution in [0.25, 0.3) is 0 Å². The Morgan fingerprint density at radius 3 is 2.69 bits per heavy atom. The highest BCUT2D eigenvalue weighted by Gasteiger charge is 2.21. The Balaban J connectivity index is 1.97. The second-order valence-corrected chi connectivity index (χ2v) is 3.65. The molecule has 0 spiro atoms. The van der Waals surface area contributed by atoms with Crippen molar-refractivity contribution in [1.82, 2.24) is 14.9 Å². The number of aromatic nitrogens is 1. The van der Waals surface area contributed by atoms with Gasteiger partial charge < -0.3 is 9.74 Å². The summed E-state index contributed by atoms with van der Waals surface area (Å²) in [6, 6.07) is 3.57. The zero-order valence-electron chi connectivity index (χ0n) is 9.30. The van der Waals surface area contributed by atoms with Gasteiger partial charge in [-0.1, -0.05) is 0 Å². The number of pyridine rings is 1. The average Bonchev–Trinajstić information content (AvgIpc) is 2.39. The van der Waals surface area contributed by atoms with Crippen LogP contribution in [0.2, 0.25) is 0 Å². The Bertz CT molecular complexity index is 348. The molecule has 0 radical (unpaired) electrons. The fourth-order valence-electron chi connectivity index (χ4n) is 1.75. The van der Waals surface area contributed by atoms with Crippen molar-refractivity contribution in [3.8, 4) is 0 Å². The molecule has 5 heteroatoms. The summed E-state index contributed by atoms with van der Waals surface area (Å²) in [5.41, 5.74) is 0.647. The van der Waals surface area contributed by atoms with E-state index in [0.29, 0.717) is 18.7 Å². The molecule has 16 heavy (non-hydrogen) atoms. The van der Waals surface area contributed by atoms with Gasteiger partial charge in [0, 0.05) is 38.6 Å². The molecule has 0 aromatic carbocycles. The van der Waals surface area contributed by atoms with Crippen molar-refractivity contribution in [2.45, 2.75) is 0 Å². The molecule has 0 saturated carbocycles. The lowest BCUT2D eigenvalue weighted by molar-refractivity contribution is -0.147. The lowest BCUT2D eigenvalue weighted by Crippen LogP contribution is -2.48. The van der Waals surface area contributed by atoms with Gasteiger partial charge in [-0.25, -0.2) is 0 Å². The largest absolute Gasteiger partial charge is 0.336 e. The van der Waals surface area contributed by atoms with Crippen LogP contribution in [0.5, 0.6) is 0 Å². The van der Waals surface area contributed by atoms with Gasteiger partial charge in [-0.2, -0.15) is 5.06 Å². The minimum atomic E-state index is 0.0452. The van der Waals surface area contributed by atoms with Crippen LogP contribution < -0.4 is 0 Å². The third-order valence-electron chi connectivity index (χ3n) is 2.69. The fourth-order valence-corrected chi connectivity index (χ4v) is 1.75. The molecule has 1 amide bonds. The summed E-state index contributed by atoms with van der Waals surface area (Å²) in [6.07, 6.45) is 3.27. The fraction of sp³-hybridized carbons (Fsp3) is 0.455. The van der Waals surface area contributed by atoms with Gasteiger partial charge in [-0.05, 0) is 12.1 Å². The van der Waals surface area contributed by atoms with E-state index in [1.807, 2.05) is 9.96 Å². The minimum absolute atomic E-state index is 0.0452. The molecule has 0 atom stereocenters. The molecule has 0 unspecified atom stereocenters. The highest BCUT2D eigenvalue weighted by Crippen LogP contribution is 2.07. The molecule has 86 valence electrons. The van der Waals surface area contributed by atoms with Crippen LogP contribution >= 0.6 is 0 Å². The summed E-state index contributed by atoms with van der Waals surface area (Å²) in [4.78, 5) is 22.9. The first kappa shape index (κ1) is 11.0. The number of rotatable bonds is 2.